The van der Waals surface area contributed by atoms with Crippen LogP contribution in [0, 0.1) is 0 Å². The number of aromatic hydroxyl groups is 1. The zero-order valence-electron chi connectivity index (χ0n) is 9.46. The molecule has 0 aliphatic carbocycles. The summed E-state index contributed by atoms with van der Waals surface area (Å²) in [5.74, 6) is 0.142. The van der Waals surface area contributed by atoms with Crippen LogP contribution in [0.3, 0.4) is 0 Å². The van der Waals surface area contributed by atoms with E-state index in [-0.39, 0.29) is 12.3 Å². The van der Waals surface area contributed by atoms with E-state index in [4.69, 9.17) is 0 Å². The molecule has 0 atom stereocenters. The van der Waals surface area contributed by atoms with Crippen LogP contribution in [0.1, 0.15) is 18.4 Å². The summed E-state index contributed by atoms with van der Waals surface area (Å²) in [4.78, 5) is 0. The van der Waals surface area contributed by atoms with Gasteiger partial charge in [0.05, 0.1) is 0 Å². The van der Waals surface area contributed by atoms with E-state index in [1.807, 2.05) is 0 Å². The Labute approximate surface area is 101 Å². The van der Waals surface area contributed by atoms with E-state index < -0.39 is 10.2 Å². The molecule has 1 saturated heterocycles. The Bertz CT molecular complexity index is 481. The van der Waals surface area contributed by atoms with Crippen LogP contribution >= 0.6 is 0 Å². The molecule has 5 nitrogen and oxygen atoms in total. The summed E-state index contributed by atoms with van der Waals surface area (Å²) in [6, 6.07) is 6.56. The predicted octanol–water partition coefficient (Wildman–Crippen LogP) is 0.822. The van der Waals surface area contributed by atoms with Gasteiger partial charge in [0.15, 0.2) is 0 Å². The minimum absolute atomic E-state index is 0.142. The van der Waals surface area contributed by atoms with Crippen molar-refractivity contribution in [2.24, 2.45) is 0 Å². The Morgan fingerprint density at radius 2 is 2.00 bits per heavy atom. The summed E-state index contributed by atoms with van der Waals surface area (Å²) in [5.41, 5.74) is 0.743. The third-order valence-corrected chi connectivity index (χ3v) is 4.33. The van der Waals surface area contributed by atoms with Gasteiger partial charge < -0.3 is 5.11 Å². The van der Waals surface area contributed by atoms with E-state index in [0.717, 1.165) is 18.4 Å². The molecular formula is C11H16N2O3S. The molecule has 6 heteroatoms. The fourth-order valence-electron chi connectivity index (χ4n) is 1.86. The number of nitrogens with one attached hydrogen (secondary N) is 1. The number of phenols is 1. The van der Waals surface area contributed by atoms with Crippen LogP contribution in [-0.2, 0) is 16.8 Å². The van der Waals surface area contributed by atoms with E-state index in [1.165, 1.54) is 4.31 Å². The van der Waals surface area contributed by atoms with Gasteiger partial charge in [-0.15, -0.1) is 0 Å². The molecule has 0 bridgehead atoms. The average molecular weight is 256 g/mol. The highest BCUT2D eigenvalue weighted by atomic mass is 32.2. The summed E-state index contributed by atoms with van der Waals surface area (Å²) in [5, 5.41) is 9.27. The lowest BCUT2D eigenvalue weighted by Gasteiger charge is -2.16. The molecule has 2 rings (SSSR count). The van der Waals surface area contributed by atoms with Gasteiger partial charge in [-0.25, -0.2) is 0 Å². The van der Waals surface area contributed by atoms with Crippen molar-refractivity contribution in [1.82, 2.24) is 9.03 Å². The van der Waals surface area contributed by atoms with Crippen LogP contribution in [0.5, 0.6) is 5.75 Å². The fraction of sp³-hybridized carbons (Fsp3) is 0.455. The average Bonchev–Trinajstić information content (AvgIpc) is 2.81. The number of rotatable bonds is 4. The van der Waals surface area contributed by atoms with E-state index in [0.29, 0.717) is 13.1 Å². The van der Waals surface area contributed by atoms with E-state index >= 15 is 0 Å². The van der Waals surface area contributed by atoms with Gasteiger partial charge in [-0.3, -0.25) is 0 Å². The summed E-state index contributed by atoms with van der Waals surface area (Å²) in [7, 11) is -3.37. The van der Waals surface area contributed by atoms with Crippen LogP contribution in [0.25, 0.3) is 0 Å². The van der Waals surface area contributed by atoms with Crippen LogP contribution < -0.4 is 4.72 Å². The molecule has 1 aromatic rings. The van der Waals surface area contributed by atoms with Gasteiger partial charge in [0, 0.05) is 19.6 Å². The van der Waals surface area contributed by atoms with E-state index in [9.17, 15) is 13.5 Å². The van der Waals surface area contributed by atoms with Crippen LogP contribution in [0.15, 0.2) is 24.3 Å². The van der Waals surface area contributed by atoms with Crippen LogP contribution in [-0.4, -0.2) is 30.9 Å². The first-order chi connectivity index (χ1) is 8.08. The fourth-order valence-corrected chi connectivity index (χ4v) is 3.13. The van der Waals surface area contributed by atoms with Gasteiger partial charge in [-0.05, 0) is 30.5 Å². The maximum absolute atomic E-state index is 11.8. The molecule has 1 aromatic carbocycles. The second-order valence-electron chi connectivity index (χ2n) is 4.10. The maximum Gasteiger partial charge on any atom is 0.279 e. The van der Waals surface area contributed by atoms with Crippen molar-refractivity contribution < 1.29 is 13.5 Å². The maximum atomic E-state index is 11.8. The smallest absolute Gasteiger partial charge is 0.279 e. The number of hydrogen-bond acceptors (Lipinski definition) is 3. The molecule has 2 N–H and O–H groups in total. The third-order valence-electron chi connectivity index (χ3n) is 2.77. The molecule has 17 heavy (non-hydrogen) atoms. The molecule has 94 valence electrons. The quantitative estimate of drug-likeness (QED) is 0.838. The van der Waals surface area contributed by atoms with Crippen molar-refractivity contribution in [3.8, 4) is 5.75 Å². The summed E-state index contributed by atoms with van der Waals surface area (Å²) >= 11 is 0. The summed E-state index contributed by atoms with van der Waals surface area (Å²) in [6.07, 6.45) is 1.85. The molecule has 0 amide bonds. The molecule has 0 saturated carbocycles. The highest BCUT2D eigenvalue weighted by molar-refractivity contribution is 7.87. The van der Waals surface area contributed by atoms with Crippen molar-refractivity contribution in [2.75, 3.05) is 13.1 Å². The highest BCUT2D eigenvalue weighted by Crippen LogP contribution is 2.13. The largest absolute Gasteiger partial charge is 0.508 e. The van der Waals surface area contributed by atoms with Gasteiger partial charge in [-0.2, -0.15) is 17.4 Å². The van der Waals surface area contributed by atoms with Gasteiger partial charge in [0.1, 0.15) is 5.75 Å². The molecule has 0 spiro atoms. The summed E-state index contributed by atoms with van der Waals surface area (Å²) in [6.45, 7) is 1.39. The number of hydrogen-bond donors (Lipinski definition) is 2. The molecule has 0 unspecified atom stereocenters. The van der Waals surface area contributed by atoms with Gasteiger partial charge in [0.2, 0.25) is 0 Å². The molecule has 0 aromatic heterocycles. The highest BCUT2D eigenvalue weighted by Gasteiger charge is 2.24. The zero-order chi connectivity index (χ0) is 12.3. The number of nitrogens with zero attached hydrogens (tertiary/aromatic N) is 1. The minimum Gasteiger partial charge on any atom is -0.508 e. The SMILES string of the molecule is O=S(=O)(NCc1cccc(O)c1)N1CCCC1. The second-order valence-corrected chi connectivity index (χ2v) is 5.86. The molecule has 1 fully saturated rings. The van der Waals surface area contributed by atoms with Gasteiger partial charge >= 0.3 is 0 Å². The van der Waals surface area contributed by atoms with Gasteiger partial charge in [-0.1, -0.05) is 12.1 Å². The lowest BCUT2D eigenvalue weighted by atomic mass is 10.2. The first kappa shape index (κ1) is 12.3. The minimum atomic E-state index is -3.37. The lowest BCUT2D eigenvalue weighted by molar-refractivity contribution is 0.463. The van der Waals surface area contributed by atoms with Crippen molar-refractivity contribution in [1.29, 1.82) is 0 Å². The molecule has 1 heterocycles. The van der Waals surface area contributed by atoms with E-state index in [1.54, 1.807) is 24.3 Å². The topological polar surface area (TPSA) is 69.6 Å². The van der Waals surface area contributed by atoms with Crippen molar-refractivity contribution in [3.05, 3.63) is 29.8 Å². The first-order valence-electron chi connectivity index (χ1n) is 5.60. The Morgan fingerprint density at radius 1 is 1.29 bits per heavy atom. The predicted molar refractivity (Wildman–Crippen MR) is 64.7 cm³/mol. The summed E-state index contributed by atoms with van der Waals surface area (Å²) < 4.78 is 27.7. The number of phenolic OH excluding ortho intramolecular Hbond substituents is 1. The Morgan fingerprint density at radius 3 is 2.65 bits per heavy atom. The van der Waals surface area contributed by atoms with E-state index in [2.05, 4.69) is 4.72 Å². The van der Waals surface area contributed by atoms with Gasteiger partial charge in [0.25, 0.3) is 10.2 Å². The van der Waals surface area contributed by atoms with Crippen molar-refractivity contribution >= 4 is 10.2 Å². The molecular weight excluding hydrogens is 240 g/mol. The van der Waals surface area contributed by atoms with Crippen LogP contribution in [0.2, 0.25) is 0 Å². The van der Waals surface area contributed by atoms with Crippen molar-refractivity contribution in [2.45, 2.75) is 19.4 Å². The molecule has 1 aliphatic rings. The third kappa shape index (κ3) is 3.18. The molecule has 0 radical (unpaired) electrons. The first-order valence-corrected chi connectivity index (χ1v) is 7.04. The van der Waals surface area contributed by atoms with Crippen LogP contribution in [0.4, 0.5) is 0 Å². The second kappa shape index (κ2) is 5.03. The number of benzene rings is 1. The molecule has 1 aliphatic heterocycles. The van der Waals surface area contributed by atoms with Crippen molar-refractivity contribution in [3.63, 3.8) is 0 Å². The normalized spacial score (nSPS) is 17.4. The lowest BCUT2D eigenvalue weighted by Crippen LogP contribution is -2.38. The standard InChI is InChI=1S/C11H16N2O3S/c14-11-5-3-4-10(8-11)9-12-17(15,16)13-6-1-2-7-13/h3-5,8,12,14H,1-2,6-7,9H2. The monoisotopic (exact) mass is 256 g/mol. The Balaban J connectivity index is 1.97. The Hall–Kier alpha value is -1.11. The Kier molecular flexibility index (Phi) is 3.66. The zero-order valence-corrected chi connectivity index (χ0v) is 10.3.